The zero-order valence-corrected chi connectivity index (χ0v) is 17.1. The number of ether oxygens (including phenoxy) is 1. The van der Waals surface area contributed by atoms with Gasteiger partial charge in [0.05, 0.1) is 5.69 Å². The Morgan fingerprint density at radius 1 is 1.35 bits per heavy atom. The van der Waals surface area contributed by atoms with Crippen molar-refractivity contribution in [1.82, 2.24) is 4.98 Å². The van der Waals surface area contributed by atoms with Gasteiger partial charge in [0.25, 0.3) is 5.91 Å². The number of hydrogen-bond donors (Lipinski definition) is 1. The normalized spacial score (nSPS) is 16.9. The molecule has 2 aromatic rings. The lowest BCUT2D eigenvalue weighted by Crippen LogP contribution is -2.26. The minimum absolute atomic E-state index is 0.000837. The minimum atomic E-state index is -0.163. The van der Waals surface area contributed by atoms with E-state index in [-0.39, 0.29) is 12.5 Å². The Balaban J connectivity index is 1.59. The number of nitrogens with one attached hydrogen (secondary N) is 1. The zero-order valence-electron chi connectivity index (χ0n) is 16.3. The predicted molar refractivity (Wildman–Crippen MR) is 107 cm³/mol. The van der Waals surface area contributed by atoms with E-state index in [0.29, 0.717) is 16.5 Å². The Kier molecular flexibility index (Phi) is 5.37. The van der Waals surface area contributed by atoms with Gasteiger partial charge < -0.3 is 4.74 Å². The fraction of sp³-hybridized carbons (Fsp3) is 0.524. The molecule has 1 aromatic carbocycles. The Morgan fingerprint density at radius 2 is 2.12 bits per heavy atom. The molecule has 1 atom stereocenters. The topological polar surface area (TPSA) is 51.2 Å². The van der Waals surface area contributed by atoms with Gasteiger partial charge in [0.15, 0.2) is 11.7 Å². The van der Waals surface area contributed by atoms with Gasteiger partial charge in [0, 0.05) is 4.88 Å². The lowest BCUT2D eigenvalue weighted by Gasteiger charge is -2.33. The van der Waals surface area contributed by atoms with Crippen LogP contribution in [0.5, 0.6) is 5.75 Å². The molecule has 0 saturated carbocycles. The van der Waals surface area contributed by atoms with Gasteiger partial charge in [0.2, 0.25) is 0 Å². The lowest BCUT2D eigenvalue weighted by atomic mass is 9.73. The van der Waals surface area contributed by atoms with Gasteiger partial charge >= 0.3 is 0 Å². The molecule has 1 heterocycles. The smallest absolute Gasteiger partial charge is 0.264 e. The van der Waals surface area contributed by atoms with Gasteiger partial charge in [-0.3, -0.25) is 10.1 Å². The largest absolute Gasteiger partial charge is 0.483 e. The van der Waals surface area contributed by atoms with Gasteiger partial charge in [-0.1, -0.05) is 32.9 Å². The number of benzene rings is 1. The molecule has 0 radical (unpaired) electrons. The second kappa shape index (κ2) is 7.39. The molecule has 0 fully saturated rings. The Labute approximate surface area is 160 Å². The number of carbonyl (C=O) groups excluding carboxylic acids is 1. The van der Waals surface area contributed by atoms with Gasteiger partial charge in [-0.25, -0.2) is 4.98 Å². The van der Waals surface area contributed by atoms with E-state index in [2.05, 4.69) is 31.1 Å². The Bertz CT molecular complexity index is 805. The highest BCUT2D eigenvalue weighted by atomic mass is 32.1. The molecular formula is C21H28N2O2S. The third kappa shape index (κ3) is 4.26. The quantitative estimate of drug-likeness (QED) is 0.828. The maximum Gasteiger partial charge on any atom is 0.264 e. The molecule has 0 aliphatic heterocycles. The maximum absolute atomic E-state index is 12.2. The summed E-state index contributed by atoms with van der Waals surface area (Å²) in [6, 6.07) is 5.87. The van der Waals surface area contributed by atoms with Crippen LogP contribution in [-0.4, -0.2) is 17.5 Å². The summed E-state index contributed by atoms with van der Waals surface area (Å²) in [7, 11) is 0. The number of fused-ring (bicyclic) bond motifs is 1. The van der Waals surface area contributed by atoms with E-state index in [9.17, 15) is 4.79 Å². The average Bonchev–Trinajstić information content (AvgIpc) is 2.96. The molecule has 140 valence electrons. The molecule has 0 spiro atoms. The SMILES string of the molecule is Cc1cccc(OCC(=O)Nc2nc3c(s2)C[C@@H](C(C)(C)C)CC3)c1C. The molecule has 1 amide bonds. The fourth-order valence-electron chi connectivity index (χ4n) is 3.35. The van der Waals surface area contributed by atoms with Crippen LogP contribution in [0.3, 0.4) is 0 Å². The number of carbonyl (C=O) groups is 1. The van der Waals surface area contributed by atoms with E-state index in [1.165, 1.54) is 11.3 Å². The first-order valence-corrected chi connectivity index (χ1v) is 10.0. The summed E-state index contributed by atoms with van der Waals surface area (Å²) in [6.07, 6.45) is 3.23. The molecule has 4 nitrogen and oxygen atoms in total. The first-order valence-electron chi connectivity index (χ1n) is 9.21. The highest BCUT2D eigenvalue weighted by Gasteiger charge is 2.30. The number of anilines is 1. The number of amides is 1. The molecular weight excluding hydrogens is 344 g/mol. The van der Waals surface area contributed by atoms with Crippen molar-refractivity contribution in [1.29, 1.82) is 0 Å². The Morgan fingerprint density at radius 3 is 2.85 bits per heavy atom. The van der Waals surface area contributed by atoms with E-state index in [4.69, 9.17) is 4.74 Å². The number of aromatic nitrogens is 1. The van der Waals surface area contributed by atoms with Crippen LogP contribution in [0.2, 0.25) is 0 Å². The second-order valence-corrected chi connectivity index (χ2v) is 9.31. The van der Waals surface area contributed by atoms with Crippen molar-refractivity contribution >= 4 is 22.4 Å². The molecule has 5 heteroatoms. The van der Waals surface area contributed by atoms with Crippen molar-refractivity contribution in [3.05, 3.63) is 39.9 Å². The number of rotatable bonds is 4. The first kappa shape index (κ1) is 18.9. The van der Waals surface area contributed by atoms with Crippen LogP contribution in [0.1, 0.15) is 48.9 Å². The second-order valence-electron chi connectivity index (χ2n) is 8.23. The minimum Gasteiger partial charge on any atom is -0.483 e. The zero-order chi connectivity index (χ0) is 18.9. The molecule has 0 bridgehead atoms. The van der Waals surface area contributed by atoms with Crippen molar-refractivity contribution in [3.8, 4) is 5.75 Å². The highest BCUT2D eigenvalue weighted by Crippen LogP contribution is 2.40. The number of hydrogen-bond acceptors (Lipinski definition) is 4. The van der Waals surface area contributed by atoms with Crippen LogP contribution in [0, 0.1) is 25.2 Å². The van der Waals surface area contributed by atoms with E-state index in [1.54, 1.807) is 11.3 Å². The molecule has 0 saturated heterocycles. The van der Waals surface area contributed by atoms with Crippen molar-refractivity contribution in [3.63, 3.8) is 0 Å². The number of aryl methyl sites for hydroxylation is 2. The van der Waals surface area contributed by atoms with Gasteiger partial charge in [-0.05, 0) is 61.6 Å². The van der Waals surface area contributed by atoms with Crippen LogP contribution >= 0.6 is 11.3 Å². The maximum atomic E-state index is 12.2. The molecule has 26 heavy (non-hydrogen) atoms. The third-order valence-electron chi connectivity index (χ3n) is 5.32. The van der Waals surface area contributed by atoms with Crippen LogP contribution < -0.4 is 10.1 Å². The van der Waals surface area contributed by atoms with Crippen LogP contribution in [0.15, 0.2) is 18.2 Å². The van der Waals surface area contributed by atoms with Crippen molar-refractivity contribution in [2.24, 2.45) is 11.3 Å². The van der Waals surface area contributed by atoms with Gasteiger partial charge in [-0.15, -0.1) is 11.3 Å². The van der Waals surface area contributed by atoms with Gasteiger partial charge in [-0.2, -0.15) is 0 Å². The summed E-state index contributed by atoms with van der Waals surface area (Å²) < 4.78 is 5.68. The first-order chi connectivity index (χ1) is 12.2. The highest BCUT2D eigenvalue weighted by molar-refractivity contribution is 7.15. The summed E-state index contributed by atoms with van der Waals surface area (Å²) >= 11 is 1.61. The van der Waals surface area contributed by atoms with Crippen molar-refractivity contribution in [2.75, 3.05) is 11.9 Å². The number of thiazole rings is 1. The summed E-state index contributed by atoms with van der Waals surface area (Å²) in [6.45, 7) is 10.9. The summed E-state index contributed by atoms with van der Waals surface area (Å²) in [5, 5.41) is 3.59. The van der Waals surface area contributed by atoms with Crippen LogP contribution in [-0.2, 0) is 17.6 Å². The standard InChI is InChI=1S/C21H28N2O2S/c1-13-7-6-8-17(14(13)2)25-12-19(24)23-20-22-16-10-9-15(21(3,4)5)11-18(16)26-20/h6-8,15H,9-12H2,1-5H3,(H,22,23,24)/t15-/m0/s1. The van der Waals surface area contributed by atoms with E-state index >= 15 is 0 Å². The monoisotopic (exact) mass is 372 g/mol. The van der Waals surface area contributed by atoms with E-state index in [0.717, 1.165) is 35.4 Å². The third-order valence-corrected chi connectivity index (χ3v) is 6.36. The molecule has 1 aliphatic carbocycles. The number of nitrogens with zero attached hydrogens (tertiary/aromatic N) is 1. The van der Waals surface area contributed by atoms with E-state index in [1.807, 2.05) is 32.0 Å². The lowest BCUT2D eigenvalue weighted by molar-refractivity contribution is -0.118. The average molecular weight is 373 g/mol. The Hall–Kier alpha value is -1.88. The molecule has 0 unspecified atom stereocenters. The fourth-order valence-corrected chi connectivity index (χ4v) is 4.45. The summed E-state index contributed by atoms with van der Waals surface area (Å²) in [4.78, 5) is 18.2. The van der Waals surface area contributed by atoms with Gasteiger partial charge in [0.1, 0.15) is 5.75 Å². The molecule has 1 N–H and O–H groups in total. The molecule has 3 rings (SSSR count). The summed E-state index contributed by atoms with van der Waals surface area (Å²) in [5.74, 6) is 1.27. The van der Waals surface area contributed by atoms with Crippen LogP contribution in [0.4, 0.5) is 5.13 Å². The van der Waals surface area contributed by atoms with E-state index < -0.39 is 0 Å². The molecule has 1 aliphatic rings. The predicted octanol–water partition coefficient (Wildman–Crippen LogP) is 4.93. The summed E-state index contributed by atoms with van der Waals surface area (Å²) in [5.41, 5.74) is 3.69. The van der Waals surface area contributed by atoms with Crippen LogP contribution in [0.25, 0.3) is 0 Å². The molecule has 1 aromatic heterocycles. The van der Waals surface area contributed by atoms with Crippen molar-refractivity contribution in [2.45, 2.75) is 53.9 Å². The van der Waals surface area contributed by atoms with Crippen molar-refractivity contribution < 1.29 is 9.53 Å².